The van der Waals surface area contributed by atoms with Crippen LogP contribution in [0.1, 0.15) is 40.5 Å². The largest absolute Gasteiger partial charge is 0.319 e. The summed E-state index contributed by atoms with van der Waals surface area (Å²) < 4.78 is 1.81. The summed E-state index contributed by atoms with van der Waals surface area (Å²) in [6.45, 7) is 1.90. The van der Waals surface area contributed by atoms with Crippen molar-refractivity contribution in [2.45, 2.75) is 25.7 Å². The normalized spacial score (nSPS) is 13.6. The molecule has 0 bridgehead atoms. The third-order valence-electron chi connectivity index (χ3n) is 5.08. The molecule has 1 N–H and O–H groups in total. The molecule has 0 spiro atoms. The summed E-state index contributed by atoms with van der Waals surface area (Å²) in [7, 11) is 0. The molecule has 7 heteroatoms. The Labute approximate surface area is 172 Å². The Hall–Kier alpha value is -3.25. The first-order valence-electron chi connectivity index (χ1n) is 9.49. The van der Waals surface area contributed by atoms with Crippen LogP contribution in [0.25, 0.3) is 16.7 Å². The van der Waals surface area contributed by atoms with E-state index in [1.54, 1.807) is 18.3 Å². The number of halogens is 1. The van der Waals surface area contributed by atoms with E-state index in [2.05, 4.69) is 15.4 Å². The van der Waals surface area contributed by atoms with Crippen LogP contribution in [0.3, 0.4) is 0 Å². The number of rotatable bonds is 4. The molecule has 1 aromatic carbocycles. The fourth-order valence-electron chi connectivity index (χ4n) is 3.49. The minimum Gasteiger partial charge on any atom is -0.319 e. The van der Waals surface area contributed by atoms with E-state index in [9.17, 15) is 4.79 Å². The smallest absolute Gasteiger partial charge is 0.256 e. The first-order valence-corrected chi connectivity index (χ1v) is 9.87. The summed E-state index contributed by atoms with van der Waals surface area (Å²) >= 11 is 6.13. The van der Waals surface area contributed by atoms with Gasteiger partial charge in [-0.15, -0.1) is 0 Å². The highest BCUT2D eigenvalue weighted by atomic mass is 35.5. The molecule has 3 aromatic heterocycles. The van der Waals surface area contributed by atoms with E-state index in [0.29, 0.717) is 22.8 Å². The molecular formula is C22H18ClN5O. The first kappa shape index (κ1) is 17.8. The van der Waals surface area contributed by atoms with Crippen molar-refractivity contribution in [1.82, 2.24) is 19.7 Å². The van der Waals surface area contributed by atoms with E-state index in [1.165, 1.54) is 0 Å². The Morgan fingerprint density at radius 3 is 2.69 bits per heavy atom. The fourth-order valence-corrected chi connectivity index (χ4v) is 3.66. The summed E-state index contributed by atoms with van der Waals surface area (Å²) in [4.78, 5) is 22.1. The van der Waals surface area contributed by atoms with Crippen LogP contribution in [0.15, 0.2) is 54.7 Å². The van der Waals surface area contributed by atoms with Gasteiger partial charge in [-0.1, -0.05) is 29.8 Å². The van der Waals surface area contributed by atoms with Crippen molar-refractivity contribution in [3.05, 3.63) is 76.8 Å². The van der Waals surface area contributed by atoms with Gasteiger partial charge in [0, 0.05) is 17.8 Å². The number of hydrogen-bond acceptors (Lipinski definition) is 4. The van der Waals surface area contributed by atoms with Gasteiger partial charge in [0.05, 0.1) is 28.0 Å². The summed E-state index contributed by atoms with van der Waals surface area (Å²) in [5, 5.41) is 8.57. The molecule has 1 aliphatic rings. The van der Waals surface area contributed by atoms with Gasteiger partial charge in [0.15, 0.2) is 10.8 Å². The summed E-state index contributed by atoms with van der Waals surface area (Å²) in [5.41, 5.74) is 4.31. The number of hydrogen-bond donors (Lipinski definition) is 1. The first-order chi connectivity index (χ1) is 14.1. The number of nitrogens with zero attached hydrogens (tertiary/aromatic N) is 4. The van der Waals surface area contributed by atoms with Crippen molar-refractivity contribution in [3.8, 4) is 5.69 Å². The summed E-state index contributed by atoms with van der Waals surface area (Å²) in [6.07, 6.45) is 3.76. The second kappa shape index (κ2) is 6.97. The lowest BCUT2D eigenvalue weighted by molar-refractivity contribution is 0.102. The maximum Gasteiger partial charge on any atom is 0.256 e. The Kier molecular flexibility index (Phi) is 4.28. The molecule has 4 aromatic rings. The Morgan fingerprint density at radius 2 is 1.97 bits per heavy atom. The van der Waals surface area contributed by atoms with Gasteiger partial charge < -0.3 is 5.32 Å². The zero-order chi connectivity index (χ0) is 20.0. The number of benzene rings is 1. The number of nitrogens with one attached hydrogen (secondary N) is 1. The van der Waals surface area contributed by atoms with Gasteiger partial charge in [-0.2, -0.15) is 5.10 Å². The lowest BCUT2D eigenvalue weighted by atomic mass is 10.1. The maximum absolute atomic E-state index is 13.2. The fraction of sp³-hybridized carbons (Fsp3) is 0.182. The van der Waals surface area contributed by atoms with E-state index >= 15 is 0 Å². The van der Waals surface area contributed by atoms with Crippen molar-refractivity contribution in [1.29, 1.82) is 0 Å². The van der Waals surface area contributed by atoms with Gasteiger partial charge in [0.25, 0.3) is 5.91 Å². The van der Waals surface area contributed by atoms with Gasteiger partial charge in [0.1, 0.15) is 0 Å². The molecule has 144 valence electrons. The molecular weight excluding hydrogens is 386 g/mol. The molecule has 29 heavy (non-hydrogen) atoms. The molecule has 0 unspecified atom stereocenters. The predicted octanol–water partition coefficient (Wildman–Crippen LogP) is 4.91. The van der Waals surface area contributed by atoms with Crippen LogP contribution in [0.2, 0.25) is 5.15 Å². The van der Waals surface area contributed by atoms with Crippen molar-refractivity contribution < 1.29 is 4.79 Å². The van der Waals surface area contributed by atoms with Crippen LogP contribution < -0.4 is 5.32 Å². The van der Waals surface area contributed by atoms with Crippen LogP contribution in [-0.2, 0) is 0 Å². The zero-order valence-electron chi connectivity index (χ0n) is 15.8. The van der Waals surface area contributed by atoms with Crippen LogP contribution in [0, 0.1) is 6.92 Å². The monoisotopic (exact) mass is 403 g/mol. The Balaban J connectivity index is 1.67. The average Bonchev–Trinajstić information content (AvgIpc) is 3.54. The number of amides is 1. The minimum absolute atomic E-state index is 0.245. The molecule has 3 heterocycles. The van der Waals surface area contributed by atoms with Crippen LogP contribution in [0.4, 0.5) is 5.69 Å². The number of fused-ring (bicyclic) bond motifs is 1. The van der Waals surface area contributed by atoms with Crippen LogP contribution in [-0.4, -0.2) is 25.7 Å². The molecule has 5 rings (SSSR count). The SMILES string of the molecule is Cc1nn(-c2ccccc2)c2nc(C3CC3)cc(C(=O)Nc3cccnc3Cl)c12. The van der Waals surface area contributed by atoms with E-state index in [1.807, 2.05) is 48.0 Å². The molecule has 1 fully saturated rings. The van der Waals surface area contributed by atoms with Crippen molar-refractivity contribution in [2.24, 2.45) is 0 Å². The predicted molar refractivity (Wildman–Crippen MR) is 113 cm³/mol. The van der Waals surface area contributed by atoms with Gasteiger partial charge in [0.2, 0.25) is 0 Å². The topological polar surface area (TPSA) is 72.7 Å². The van der Waals surface area contributed by atoms with Crippen molar-refractivity contribution in [2.75, 3.05) is 5.32 Å². The standard InChI is InChI=1S/C22H18ClN5O/c1-13-19-16(22(29)26-17-8-5-11-24-20(17)23)12-18(14-9-10-14)25-21(19)28(27-13)15-6-3-2-4-7-15/h2-8,11-12,14H,9-10H2,1H3,(H,26,29). The van der Waals surface area contributed by atoms with Gasteiger partial charge >= 0.3 is 0 Å². The van der Waals surface area contributed by atoms with E-state index < -0.39 is 0 Å². The molecule has 0 radical (unpaired) electrons. The highest BCUT2D eigenvalue weighted by Gasteiger charge is 2.29. The number of aromatic nitrogens is 4. The molecule has 6 nitrogen and oxygen atoms in total. The summed E-state index contributed by atoms with van der Waals surface area (Å²) in [5.74, 6) is 0.150. The minimum atomic E-state index is -0.245. The molecule has 1 saturated carbocycles. The molecule has 1 amide bonds. The number of anilines is 1. The van der Waals surface area contributed by atoms with Crippen LogP contribution >= 0.6 is 11.6 Å². The molecule has 1 aliphatic carbocycles. The number of para-hydroxylation sites is 1. The number of carbonyl (C=O) groups excluding carboxylic acids is 1. The van der Waals surface area contributed by atoms with E-state index in [-0.39, 0.29) is 11.1 Å². The lowest BCUT2D eigenvalue weighted by Crippen LogP contribution is -2.14. The Morgan fingerprint density at radius 1 is 1.17 bits per heavy atom. The average molecular weight is 404 g/mol. The second-order valence-corrected chi connectivity index (χ2v) is 7.55. The molecule has 0 aliphatic heterocycles. The number of carbonyl (C=O) groups is 1. The van der Waals surface area contributed by atoms with E-state index in [0.717, 1.165) is 35.3 Å². The van der Waals surface area contributed by atoms with Gasteiger partial charge in [-0.3, -0.25) is 4.79 Å². The third-order valence-corrected chi connectivity index (χ3v) is 5.38. The zero-order valence-corrected chi connectivity index (χ0v) is 16.5. The quantitative estimate of drug-likeness (QED) is 0.491. The maximum atomic E-state index is 13.2. The highest BCUT2D eigenvalue weighted by molar-refractivity contribution is 6.32. The van der Waals surface area contributed by atoms with Crippen LogP contribution in [0.5, 0.6) is 0 Å². The van der Waals surface area contributed by atoms with E-state index in [4.69, 9.17) is 16.6 Å². The van der Waals surface area contributed by atoms with Crippen molar-refractivity contribution in [3.63, 3.8) is 0 Å². The number of aryl methyl sites for hydroxylation is 1. The third kappa shape index (κ3) is 3.25. The van der Waals surface area contributed by atoms with Gasteiger partial charge in [-0.25, -0.2) is 14.6 Å². The highest BCUT2D eigenvalue weighted by Crippen LogP contribution is 2.41. The second-order valence-electron chi connectivity index (χ2n) is 7.20. The lowest BCUT2D eigenvalue weighted by Gasteiger charge is -2.10. The molecule has 0 saturated heterocycles. The van der Waals surface area contributed by atoms with Gasteiger partial charge in [-0.05, 0) is 50.1 Å². The Bertz CT molecular complexity index is 1230. The number of pyridine rings is 2. The van der Waals surface area contributed by atoms with Crippen molar-refractivity contribution >= 4 is 34.2 Å². The summed E-state index contributed by atoms with van der Waals surface area (Å²) in [6, 6.07) is 15.2. The molecule has 0 atom stereocenters.